The smallest absolute Gasteiger partial charge is 0.236 e. The van der Waals surface area contributed by atoms with Gasteiger partial charge in [-0.05, 0) is 37.1 Å². The normalized spacial score (nSPS) is 11.1. The molecule has 11 heteroatoms. The number of thioether (sulfide) groups is 1. The predicted molar refractivity (Wildman–Crippen MR) is 145 cm³/mol. The molecule has 4 rings (SSSR count). The Morgan fingerprint density at radius 1 is 1.24 bits per heavy atom. The molecule has 6 nitrogen and oxygen atoms in total. The quantitative estimate of drug-likeness (QED) is 0.176. The maximum atomic E-state index is 12.6. The molecule has 176 valence electrons. The lowest BCUT2D eigenvalue weighted by molar-refractivity contribution is -0.113. The SMILES string of the molecule is C=CCn1c(SCC(=O)Nc2nc(-c3ccc(Cl)cc3Cl)cs2)nnc1-c1csc(C)c1CC. The number of rotatable bonds is 9. The third-order valence-electron chi connectivity index (χ3n) is 5.02. The second-order valence-corrected chi connectivity index (χ2v) is 11.0. The molecule has 1 aromatic carbocycles. The van der Waals surface area contributed by atoms with E-state index >= 15 is 0 Å². The van der Waals surface area contributed by atoms with Crippen LogP contribution in [0.3, 0.4) is 0 Å². The molecule has 1 N–H and O–H groups in total. The Kier molecular flexibility index (Phi) is 8.10. The van der Waals surface area contributed by atoms with Crippen molar-refractivity contribution >= 4 is 68.7 Å². The largest absolute Gasteiger partial charge is 0.301 e. The van der Waals surface area contributed by atoms with E-state index in [0.717, 1.165) is 23.4 Å². The first kappa shape index (κ1) is 24.9. The first-order chi connectivity index (χ1) is 16.4. The van der Waals surface area contributed by atoms with Crippen molar-refractivity contribution in [2.75, 3.05) is 11.1 Å². The molecule has 0 fully saturated rings. The van der Waals surface area contributed by atoms with Crippen molar-refractivity contribution in [2.45, 2.75) is 32.0 Å². The number of nitrogens with one attached hydrogen (secondary N) is 1. The first-order valence-corrected chi connectivity index (χ1v) is 13.9. The lowest BCUT2D eigenvalue weighted by atomic mass is 10.1. The van der Waals surface area contributed by atoms with Gasteiger partial charge >= 0.3 is 0 Å². The molecule has 3 aromatic heterocycles. The number of halogens is 2. The van der Waals surface area contributed by atoms with Crippen LogP contribution in [0.4, 0.5) is 5.13 Å². The summed E-state index contributed by atoms with van der Waals surface area (Å²) in [5.41, 5.74) is 3.81. The lowest BCUT2D eigenvalue weighted by Gasteiger charge is -2.08. The van der Waals surface area contributed by atoms with E-state index in [-0.39, 0.29) is 11.7 Å². The van der Waals surface area contributed by atoms with Gasteiger partial charge in [0, 0.05) is 38.3 Å². The Morgan fingerprint density at radius 2 is 2.06 bits per heavy atom. The number of hydrogen-bond donors (Lipinski definition) is 1. The van der Waals surface area contributed by atoms with Crippen molar-refractivity contribution in [1.82, 2.24) is 19.7 Å². The number of nitrogens with zero attached hydrogens (tertiary/aromatic N) is 4. The van der Waals surface area contributed by atoms with Crippen LogP contribution in [0, 0.1) is 6.92 Å². The maximum Gasteiger partial charge on any atom is 0.236 e. The van der Waals surface area contributed by atoms with E-state index in [1.807, 2.05) is 16.0 Å². The third kappa shape index (κ3) is 5.39. The summed E-state index contributed by atoms with van der Waals surface area (Å²) in [7, 11) is 0. The van der Waals surface area contributed by atoms with Gasteiger partial charge < -0.3 is 5.32 Å². The molecule has 3 heterocycles. The summed E-state index contributed by atoms with van der Waals surface area (Å²) >= 11 is 16.6. The van der Waals surface area contributed by atoms with Gasteiger partial charge in [0.05, 0.1) is 16.5 Å². The minimum Gasteiger partial charge on any atom is -0.301 e. The van der Waals surface area contributed by atoms with Gasteiger partial charge in [0.2, 0.25) is 5.91 Å². The number of carbonyl (C=O) groups is 1. The number of anilines is 1. The van der Waals surface area contributed by atoms with Gasteiger partial charge in [0.1, 0.15) is 0 Å². The summed E-state index contributed by atoms with van der Waals surface area (Å²) in [4.78, 5) is 18.4. The predicted octanol–water partition coefficient (Wildman–Crippen LogP) is 7.22. The monoisotopic (exact) mass is 549 g/mol. The number of amides is 1. The molecule has 4 aromatic rings. The highest BCUT2D eigenvalue weighted by Gasteiger charge is 2.19. The summed E-state index contributed by atoms with van der Waals surface area (Å²) in [6.07, 6.45) is 2.73. The molecule has 0 bridgehead atoms. The molecular formula is C23H21Cl2N5OS3. The number of thiazole rings is 1. The maximum absolute atomic E-state index is 12.6. The van der Waals surface area contributed by atoms with Crippen LogP contribution in [-0.4, -0.2) is 31.4 Å². The van der Waals surface area contributed by atoms with E-state index < -0.39 is 0 Å². The van der Waals surface area contributed by atoms with Crippen LogP contribution in [0.5, 0.6) is 0 Å². The average Bonchev–Trinajstić information content (AvgIpc) is 3.51. The minimum absolute atomic E-state index is 0.176. The molecule has 0 saturated carbocycles. The number of aromatic nitrogens is 4. The molecular weight excluding hydrogens is 529 g/mol. The Balaban J connectivity index is 1.45. The van der Waals surface area contributed by atoms with Crippen molar-refractivity contribution in [2.24, 2.45) is 0 Å². The zero-order valence-electron chi connectivity index (χ0n) is 18.5. The van der Waals surface area contributed by atoms with E-state index in [2.05, 4.69) is 46.3 Å². The Labute approximate surface area is 220 Å². The second kappa shape index (κ2) is 11.0. The van der Waals surface area contributed by atoms with E-state index in [0.29, 0.717) is 32.6 Å². The number of aryl methyl sites for hydroxylation is 1. The molecule has 0 atom stereocenters. The number of hydrogen-bond acceptors (Lipinski definition) is 7. The highest BCUT2D eigenvalue weighted by molar-refractivity contribution is 7.99. The fourth-order valence-corrected chi connectivity index (χ4v) is 6.35. The van der Waals surface area contributed by atoms with Crippen molar-refractivity contribution in [3.8, 4) is 22.6 Å². The van der Waals surface area contributed by atoms with Crippen LogP contribution in [0.25, 0.3) is 22.6 Å². The highest BCUT2D eigenvalue weighted by atomic mass is 35.5. The van der Waals surface area contributed by atoms with E-state index in [4.69, 9.17) is 23.2 Å². The van der Waals surface area contributed by atoms with Gasteiger partial charge in [-0.2, -0.15) is 0 Å². The van der Waals surface area contributed by atoms with Gasteiger partial charge in [-0.25, -0.2) is 4.98 Å². The summed E-state index contributed by atoms with van der Waals surface area (Å²) in [6, 6.07) is 5.23. The third-order valence-corrected chi connectivity index (χ3v) is 8.24. The Bertz CT molecular complexity index is 1340. The van der Waals surface area contributed by atoms with Crippen LogP contribution < -0.4 is 5.32 Å². The van der Waals surface area contributed by atoms with Crippen LogP contribution in [0.2, 0.25) is 10.0 Å². The molecule has 0 radical (unpaired) electrons. The second-order valence-electron chi connectivity index (χ2n) is 7.24. The zero-order valence-corrected chi connectivity index (χ0v) is 22.4. The fourth-order valence-electron chi connectivity index (χ4n) is 3.43. The van der Waals surface area contributed by atoms with E-state index in [1.54, 1.807) is 29.5 Å². The van der Waals surface area contributed by atoms with E-state index in [1.165, 1.54) is 33.5 Å². The van der Waals surface area contributed by atoms with Gasteiger partial charge in [0.25, 0.3) is 0 Å². The van der Waals surface area contributed by atoms with E-state index in [9.17, 15) is 4.79 Å². The topological polar surface area (TPSA) is 72.7 Å². The Hall–Kier alpha value is -2.17. The van der Waals surface area contributed by atoms with Crippen LogP contribution in [0.15, 0.2) is 46.8 Å². The summed E-state index contributed by atoms with van der Waals surface area (Å²) in [6.45, 7) is 8.67. The number of thiophene rings is 1. The van der Waals surface area contributed by atoms with Crippen LogP contribution >= 0.6 is 57.6 Å². The minimum atomic E-state index is -0.177. The Morgan fingerprint density at radius 3 is 2.79 bits per heavy atom. The van der Waals surface area contributed by atoms with Crippen molar-refractivity contribution in [3.63, 3.8) is 0 Å². The van der Waals surface area contributed by atoms with Gasteiger partial charge in [-0.3, -0.25) is 9.36 Å². The molecule has 0 aliphatic heterocycles. The first-order valence-electron chi connectivity index (χ1n) is 10.4. The van der Waals surface area contributed by atoms with Crippen molar-refractivity contribution in [3.05, 3.63) is 62.1 Å². The molecule has 0 aliphatic rings. The highest BCUT2D eigenvalue weighted by Crippen LogP contribution is 2.34. The average molecular weight is 551 g/mol. The zero-order chi connectivity index (χ0) is 24.2. The van der Waals surface area contributed by atoms with Gasteiger partial charge in [0.15, 0.2) is 16.1 Å². The van der Waals surface area contributed by atoms with Crippen LogP contribution in [-0.2, 0) is 17.8 Å². The van der Waals surface area contributed by atoms with Crippen LogP contribution in [0.1, 0.15) is 17.4 Å². The molecule has 1 amide bonds. The van der Waals surface area contributed by atoms with Crippen molar-refractivity contribution < 1.29 is 4.79 Å². The number of benzene rings is 1. The summed E-state index contributed by atoms with van der Waals surface area (Å²) in [5.74, 6) is 0.798. The molecule has 0 saturated heterocycles. The lowest BCUT2D eigenvalue weighted by Crippen LogP contribution is -2.14. The van der Waals surface area contributed by atoms with Crippen molar-refractivity contribution in [1.29, 1.82) is 0 Å². The van der Waals surface area contributed by atoms with Gasteiger partial charge in [-0.15, -0.1) is 39.4 Å². The number of carbonyl (C=O) groups excluding carboxylic acids is 1. The molecule has 0 unspecified atom stereocenters. The van der Waals surface area contributed by atoms with Gasteiger partial charge in [-0.1, -0.05) is 48.0 Å². The molecule has 0 aliphatic carbocycles. The standard InChI is InChI=1S/C23H21Cl2N5OS3/c1-4-8-30-21(17-10-32-13(3)15(17)5-2)28-29-23(30)34-12-20(31)27-22-26-19(11-33-22)16-7-6-14(24)9-18(16)25/h4,6-7,9-11H,1,5,8,12H2,2-3H3,(H,26,27,31). The summed E-state index contributed by atoms with van der Waals surface area (Å²) < 4.78 is 2.00. The summed E-state index contributed by atoms with van der Waals surface area (Å²) in [5, 5.41) is 17.8. The molecule has 34 heavy (non-hydrogen) atoms. The molecule has 0 spiro atoms. The fraction of sp³-hybridized carbons (Fsp3) is 0.217. The number of allylic oxidation sites excluding steroid dienone is 1.